The molecule has 0 saturated carbocycles. The number of hydrogen-bond donors (Lipinski definition) is 2. The van der Waals surface area contributed by atoms with Crippen LogP contribution in [0.2, 0.25) is 0 Å². The molecule has 1 aliphatic carbocycles. The molecule has 8 rings (SSSR count). The number of rotatable bonds is 8. The molecule has 1 unspecified atom stereocenters. The maximum Gasteiger partial charge on any atom is 0.437 e. The first-order chi connectivity index (χ1) is 27.2. The fourth-order valence-corrected chi connectivity index (χ4v) is 9.01. The summed E-state index contributed by atoms with van der Waals surface area (Å²) in [5.74, 6) is -0.700. The van der Waals surface area contributed by atoms with E-state index in [1.54, 1.807) is 36.1 Å². The molecule has 57 heavy (non-hydrogen) atoms. The van der Waals surface area contributed by atoms with Crippen molar-refractivity contribution in [2.45, 2.75) is 78.2 Å². The quantitative estimate of drug-likeness (QED) is 0.182. The Bertz CT molecular complexity index is 2230. The van der Waals surface area contributed by atoms with E-state index in [0.29, 0.717) is 54.0 Å². The fraction of sp³-hybridized carbons (Fsp3) is 0.452. The number of aromatic nitrogens is 4. The lowest BCUT2D eigenvalue weighted by Crippen LogP contribution is -2.56. The van der Waals surface area contributed by atoms with E-state index in [2.05, 4.69) is 67.3 Å². The van der Waals surface area contributed by atoms with Crippen molar-refractivity contribution in [1.82, 2.24) is 24.4 Å². The number of piperazine rings is 1. The molecule has 0 spiro atoms. The Morgan fingerprint density at radius 3 is 2.58 bits per heavy atom. The van der Waals surface area contributed by atoms with Crippen LogP contribution in [-0.2, 0) is 35.1 Å². The number of fused-ring (bicyclic) bond motifs is 3. The number of ether oxygens (including phenoxy) is 1. The van der Waals surface area contributed by atoms with Gasteiger partial charge >= 0.3 is 6.18 Å². The number of nitrogens with zero attached hydrogens (tertiary/aromatic N) is 7. The summed E-state index contributed by atoms with van der Waals surface area (Å²) in [5, 5.41) is 5.72. The van der Waals surface area contributed by atoms with Gasteiger partial charge in [-0.15, -0.1) is 0 Å². The highest BCUT2D eigenvalue weighted by Gasteiger charge is 2.39. The van der Waals surface area contributed by atoms with E-state index >= 15 is 0 Å². The Morgan fingerprint density at radius 2 is 1.84 bits per heavy atom. The van der Waals surface area contributed by atoms with Gasteiger partial charge in [0.1, 0.15) is 11.5 Å². The molecule has 1 atom stereocenters. The highest BCUT2D eigenvalue weighted by molar-refractivity contribution is 6.06. The van der Waals surface area contributed by atoms with Gasteiger partial charge in [0.2, 0.25) is 5.91 Å². The van der Waals surface area contributed by atoms with Crippen LogP contribution in [0.3, 0.4) is 0 Å². The van der Waals surface area contributed by atoms with Gasteiger partial charge in [0.05, 0.1) is 23.3 Å². The van der Waals surface area contributed by atoms with E-state index in [-0.39, 0.29) is 28.7 Å². The van der Waals surface area contributed by atoms with Gasteiger partial charge in [-0.1, -0.05) is 20.4 Å². The topological polar surface area (TPSA) is 121 Å². The van der Waals surface area contributed by atoms with Crippen molar-refractivity contribution in [2.75, 3.05) is 59.8 Å². The van der Waals surface area contributed by atoms with Gasteiger partial charge in [-0.2, -0.15) is 13.2 Å². The molecule has 4 aromatic rings. The molecule has 0 radical (unpaired) electrons. The highest BCUT2D eigenvalue weighted by Crippen LogP contribution is 2.41. The zero-order chi connectivity index (χ0) is 40.2. The summed E-state index contributed by atoms with van der Waals surface area (Å²) in [6, 6.07) is 9.30. The molecule has 1 aromatic carbocycles. The number of hydrogen-bond acceptors (Lipinski definition) is 9. The molecule has 12 nitrogen and oxygen atoms in total. The SMILES string of the molecule is C=CC(=O)Nc1cc(Nc2nc(-c3ccnc(N4CCn5c(cc6c5CC(C)(C)C6)C4=O)c3C)cnc2C(F)(F)F)ccc1N1CCN(C2CCOCC2)CC1C. The summed E-state index contributed by atoms with van der Waals surface area (Å²) in [4.78, 5) is 45.8. The van der Waals surface area contributed by atoms with Crippen LogP contribution in [0.15, 0.2) is 55.4 Å². The minimum absolute atomic E-state index is 0.103. The number of carbonyl (C=O) groups excluding carboxylic acids is 2. The largest absolute Gasteiger partial charge is 0.437 e. The first-order valence-electron chi connectivity index (χ1n) is 19.6. The van der Waals surface area contributed by atoms with Gasteiger partial charge < -0.3 is 24.8 Å². The lowest BCUT2D eigenvalue weighted by Gasteiger charge is -2.45. The summed E-state index contributed by atoms with van der Waals surface area (Å²) in [6.45, 7) is 16.9. The third-order valence-corrected chi connectivity index (χ3v) is 11.8. The predicted molar refractivity (Wildman–Crippen MR) is 213 cm³/mol. The zero-order valence-electron chi connectivity index (χ0n) is 32.7. The summed E-state index contributed by atoms with van der Waals surface area (Å²) < 4.78 is 51.1. The van der Waals surface area contributed by atoms with E-state index in [1.807, 2.05) is 6.07 Å². The molecule has 15 heteroatoms. The molecule has 3 aromatic heterocycles. The Balaban J connectivity index is 1.08. The standard InChI is InChI=1S/C42H48F3N9O3/c1-6-36(55)49-31-20-28(7-8-33(31)52-14-13-51(24-25(52)2)29-10-17-57-18-11-29)48-38-37(42(43,44)45)47-23-32(50-38)30-9-12-46-39(26(30)3)54-16-15-53-34(40(54)56)19-27-21-41(4,5)22-35(27)53/h6-9,12,19-20,23,25,29H,1,10-11,13-18,21-22,24H2,2-5H3,(H,48,50)(H,49,55). The number of anilines is 5. The first-order valence-corrected chi connectivity index (χ1v) is 19.6. The number of carbonyl (C=O) groups is 2. The number of nitrogens with one attached hydrogen (secondary N) is 2. The molecule has 2 saturated heterocycles. The van der Waals surface area contributed by atoms with E-state index in [4.69, 9.17) is 4.74 Å². The summed E-state index contributed by atoms with van der Waals surface area (Å²) >= 11 is 0. The maximum absolute atomic E-state index is 14.5. The van der Waals surface area contributed by atoms with Crippen LogP contribution in [0.1, 0.15) is 66.6 Å². The third kappa shape index (κ3) is 7.50. The van der Waals surface area contributed by atoms with Crippen molar-refractivity contribution >= 4 is 40.5 Å². The molecular weight excluding hydrogens is 736 g/mol. The number of pyridine rings is 1. The van der Waals surface area contributed by atoms with Gasteiger partial charge in [0, 0.05) is 86.7 Å². The average Bonchev–Trinajstić information content (AvgIpc) is 3.67. The lowest BCUT2D eigenvalue weighted by molar-refractivity contribution is -0.140. The lowest BCUT2D eigenvalue weighted by atomic mass is 9.90. The average molecular weight is 784 g/mol. The van der Waals surface area contributed by atoms with Crippen molar-refractivity contribution in [1.29, 1.82) is 0 Å². The van der Waals surface area contributed by atoms with E-state index in [1.165, 1.54) is 17.5 Å². The van der Waals surface area contributed by atoms with Crippen LogP contribution in [-0.4, -0.2) is 87.7 Å². The van der Waals surface area contributed by atoms with E-state index in [0.717, 1.165) is 69.9 Å². The summed E-state index contributed by atoms with van der Waals surface area (Å²) in [5.41, 5.74) is 4.69. The molecule has 0 bridgehead atoms. The van der Waals surface area contributed by atoms with E-state index < -0.39 is 23.6 Å². The molecular formula is C42H48F3N9O3. The Labute approximate surface area is 330 Å². The normalized spacial score (nSPS) is 20.0. The minimum atomic E-state index is -4.82. The van der Waals surface area contributed by atoms with Gasteiger partial charge in [-0.05, 0) is 86.9 Å². The number of alkyl halides is 3. The second-order valence-electron chi connectivity index (χ2n) is 16.3. The van der Waals surface area contributed by atoms with Crippen molar-refractivity contribution in [3.8, 4) is 11.3 Å². The molecule has 6 heterocycles. The fourth-order valence-electron chi connectivity index (χ4n) is 9.01. The second kappa shape index (κ2) is 14.9. The summed E-state index contributed by atoms with van der Waals surface area (Å²) in [6.07, 6.45) is 2.76. The first kappa shape index (κ1) is 38.6. The van der Waals surface area contributed by atoms with Gasteiger partial charge in [0.25, 0.3) is 5.91 Å². The van der Waals surface area contributed by atoms with Crippen LogP contribution in [0.4, 0.5) is 41.9 Å². The molecule has 4 aliphatic rings. The molecule has 2 amide bonds. The van der Waals surface area contributed by atoms with Crippen molar-refractivity contribution in [3.05, 3.63) is 83.6 Å². The Kier molecular flexibility index (Phi) is 10.1. The molecule has 300 valence electrons. The molecule has 3 aliphatic heterocycles. The van der Waals surface area contributed by atoms with Gasteiger partial charge in [-0.3, -0.25) is 19.4 Å². The number of benzene rings is 1. The van der Waals surface area contributed by atoms with Crippen molar-refractivity contribution in [3.63, 3.8) is 0 Å². The smallest absolute Gasteiger partial charge is 0.381 e. The van der Waals surface area contributed by atoms with Crippen LogP contribution < -0.4 is 20.4 Å². The minimum Gasteiger partial charge on any atom is -0.381 e. The third-order valence-electron chi connectivity index (χ3n) is 11.8. The second-order valence-corrected chi connectivity index (χ2v) is 16.3. The number of amides is 2. The molecule has 2 fully saturated rings. The van der Waals surface area contributed by atoms with Crippen LogP contribution >= 0.6 is 0 Å². The van der Waals surface area contributed by atoms with Crippen molar-refractivity contribution in [2.24, 2.45) is 5.41 Å². The van der Waals surface area contributed by atoms with Crippen LogP contribution in [0.5, 0.6) is 0 Å². The number of halogens is 3. The van der Waals surface area contributed by atoms with Crippen molar-refractivity contribution < 1.29 is 27.5 Å². The monoisotopic (exact) mass is 783 g/mol. The summed E-state index contributed by atoms with van der Waals surface area (Å²) in [7, 11) is 0. The zero-order valence-corrected chi connectivity index (χ0v) is 32.7. The molecule has 2 N–H and O–H groups in total. The van der Waals surface area contributed by atoms with Gasteiger partial charge in [0.15, 0.2) is 11.5 Å². The predicted octanol–water partition coefficient (Wildman–Crippen LogP) is 7.01. The maximum atomic E-state index is 14.5. The van der Waals surface area contributed by atoms with Gasteiger partial charge in [-0.25, -0.2) is 15.0 Å². The highest BCUT2D eigenvalue weighted by atomic mass is 19.4. The van der Waals surface area contributed by atoms with Crippen LogP contribution in [0.25, 0.3) is 11.3 Å². The Hall–Kier alpha value is -5.28. The van der Waals surface area contributed by atoms with E-state index in [9.17, 15) is 22.8 Å². The Morgan fingerprint density at radius 1 is 1.05 bits per heavy atom. The van der Waals surface area contributed by atoms with Crippen LogP contribution in [0, 0.1) is 12.3 Å².